The third kappa shape index (κ3) is 6.52. The van der Waals surface area contributed by atoms with Gasteiger partial charge in [0, 0.05) is 24.9 Å². The second-order valence-corrected chi connectivity index (χ2v) is 5.64. The predicted octanol–water partition coefficient (Wildman–Crippen LogP) is 2.06. The van der Waals surface area contributed by atoms with Gasteiger partial charge in [-0.05, 0) is 23.8 Å². The monoisotopic (exact) mass is 358 g/mol. The van der Waals surface area contributed by atoms with Crippen LogP contribution in [0.4, 0.5) is 10.1 Å². The van der Waals surface area contributed by atoms with Crippen LogP contribution < -0.4 is 16.4 Å². The highest BCUT2D eigenvalue weighted by Crippen LogP contribution is 2.15. The van der Waals surface area contributed by atoms with Crippen molar-refractivity contribution in [3.8, 4) is 0 Å². The minimum atomic E-state index is -0.321. The van der Waals surface area contributed by atoms with E-state index in [1.165, 1.54) is 12.1 Å². The summed E-state index contributed by atoms with van der Waals surface area (Å²) in [6.45, 7) is 1.18. The van der Waals surface area contributed by atoms with Gasteiger partial charge in [-0.15, -0.1) is 0 Å². The lowest BCUT2D eigenvalue weighted by atomic mass is 10.1. The molecule has 6 nitrogen and oxygen atoms in total. The molecular formula is C19H23FN4O2. The van der Waals surface area contributed by atoms with Crippen LogP contribution in [0.25, 0.3) is 0 Å². The largest absolute Gasteiger partial charge is 0.380 e. The molecule has 0 saturated heterocycles. The molecule has 2 rings (SSSR count). The molecule has 0 radical (unpaired) electrons. The quantitative estimate of drug-likeness (QED) is 0.383. The Hall–Kier alpha value is -2.93. The van der Waals surface area contributed by atoms with E-state index in [2.05, 4.69) is 15.6 Å². The number of nitrogens with zero attached hydrogens (tertiary/aromatic N) is 1. The Morgan fingerprint density at radius 3 is 2.65 bits per heavy atom. The van der Waals surface area contributed by atoms with Crippen molar-refractivity contribution in [3.05, 3.63) is 65.5 Å². The number of hydrogen-bond acceptors (Lipinski definition) is 3. The molecule has 0 aliphatic carbocycles. The van der Waals surface area contributed by atoms with Crippen molar-refractivity contribution in [3.63, 3.8) is 0 Å². The first-order chi connectivity index (χ1) is 12.6. The molecule has 138 valence electrons. The Morgan fingerprint density at radius 1 is 1.19 bits per heavy atom. The zero-order chi connectivity index (χ0) is 18.8. The molecule has 0 aliphatic heterocycles. The van der Waals surface area contributed by atoms with Crippen LogP contribution in [-0.2, 0) is 22.6 Å². The highest BCUT2D eigenvalue weighted by atomic mass is 19.1. The molecule has 7 heteroatoms. The Morgan fingerprint density at radius 2 is 1.92 bits per heavy atom. The first-order valence-electron chi connectivity index (χ1n) is 8.23. The number of amides is 1. The van der Waals surface area contributed by atoms with Gasteiger partial charge < -0.3 is 21.1 Å². The molecule has 1 amide bonds. The second-order valence-electron chi connectivity index (χ2n) is 5.64. The summed E-state index contributed by atoms with van der Waals surface area (Å²) in [6.07, 6.45) is 0.197. The lowest BCUT2D eigenvalue weighted by Crippen LogP contribution is -2.29. The maximum absolute atomic E-state index is 12.8. The summed E-state index contributed by atoms with van der Waals surface area (Å²) in [5.74, 6) is -0.205. The van der Waals surface area contributed by atoms with E-state index in [0.717, 1.165) is 16.8 Å². The van der Waals surface area contributed by atoms with Gasteiger partial charge in [-0.1, -0.05) is 30.3 Å². The number of hydrogen-bond donors (Lipinski definition) is 3. The van der Waals surface area contributed by atoms with Crippen LogP contribution in [0.1, 0.15) is 11.1 Å². The van der Waals surface area contributed by atoms with E-state index in [0.29, 0.717) is 19.7 Å². The molecule has 26 heavy (non-hydrogen) atoms. The van der Waals surface area contributed by atoms with E-state index in [9.17, 15) is 9.18 Å². The summed E-state index contributed by atoms with van der Waals surface area (Å²) in [4.78, 5) is 16.0. The van der Waals surface area contributed by atoms with Gasteiger partial charge in [0.25, 0.3) is 0 Å². The van der Waals surface area contributed by atoms with E-state index < -0.39 is 0 Å². The first-order valence-corrected chi connectivity index (χ1v) is 8.23. The third-order valence-electron chi connectivity index (χ3n) is 3.57. The molecule has 0 fully saturated rings. The normalized spacial score (nSPS) is 11.2. The zero-order valence-corrected chi connectivity index (χ0v) is 14.7. The number of methoxy groups -OCH3 is 1. The topological polar surface area (TPSA) is 88.7 Å². The Balaban J connectivity index is 1.75. The average molecular weight is 358 g/mol. The van der Waals surface area contributed by atoms with Crippen LogP contribution in [0.5, 0.6) is 0 Å². The molecule has 0 heterocycles. The number of carbonyl (C=O) groups excluding carboxylic acids is 1. The van der Waals surface area contributed by atoms with Crippen LogP contribution in [-0.4, -0.2) is 32.1 Å². The Bertz CT molecular complexity index is 747. The van der Waals surface area contributed by atoms with Crippen LogP contribution in [0.2, 0.25) is 0 Å². The smallest absolute Gasteiger partial charge is 0.224 e. The number of benzene rings is 2. The highest BCUT2D eigenvalue weighted by molar-refractivity contribution is 5.93. The molecule has 0 atom stereocenters. The average Bonchev–Trinajstić information content (AvgIpc) is 2.63. The summed E-state index contributed by atoms with van der Waals surface area (Å²) in [5, 5.41) is 5.78. The van der Waals surface area contributed by atoms with Crippen molar-refractivity contribution in [2.45, 2.75) is 13.0 Å². The fourth-order valence-electron chi connectivity index (χ4n) is 2.32. The van der Waals surface area contributed by atoms with Crippen molar-refractivity contribution < 1.29 is 13.9 Å². The maximum Gasteiger partial charge on any atom is 0.224 e. The third-order valence-corrected chi connectivity index (χ3v) is 3.57. The van der Waals surface area contributed by atoms with Crippen molar-refractivity contribution in [1.29, 1.82) is 0 Å². The molecule has 4 N–H and O–H groups in total. The summed E-state index contributed by atoms with van der Waals surface area (Å²) in [7, 11) is 1.63. The van der Waals surface area contributed by atoms with E-state index >= 15 is 0 Å². The second kappa shape index (κ2) is 10.1. The summed E-state index contributed by atoms with van der Waals surface area (Å²) in [5.41, 5.74) is 8.43. The molecule has 0 aromatic heterocycles. The Kier molecular flexibility index (Phi) is 7.57. The van der Waals surface area contributed by atoms with Gasteiger partial charge >= 0.3 is 0 Å². The number of nitrogens with one attached hydrogen (secondary N) is 2. The predicted molar refractivity (Wildman–Crippen MR) is 100 cm³/mol. The van der Waals surface area contributed by atoms with E-state index in [1.807, 2.05) is 24.3 Å². The number of guanidine groups is 1. The van der Waals surface area contributed by atoms with E-state index in [1.54, 1.807) is 19.2 Å². The van der Waals surface area contributed by atoms with Gasteiger partial charge in [-0.2, -0.15) is 0 Å². The maximum atomic E-state index is 12.8. The molecule has 0 unspecified atom stereocenters. The van der Waals surface area contributed by atoms with Crippen molar-refractivity contribution in [2.24, 2.45) is 10.7 Å². The molecular weight excluding hydrogens is 335 g/mol. The number of ether oxygens (including phenoxy) is 1. The minimum Gasteiger partial charge on any atom is -0.380 e. The molecule has 0 spiro atoms. The first kappa shape index (κ1) is 19.4. The zero-order valence-electron chi connectivity index (χ0n) is 14.7. The SMILES string of the molecule is COCc1ccccc1NC(N)=NCCNC(=O)Cc1ccc(F)cc1. The van der Waals surface area contributed by atoms with Crippen LogP contribution >= 0.6 is 0 Å². The number of para-hydroxylation sites is 1. The van der Waals surface area contributed by atoms with Crippen LogP contribution in [0.3, 0.4) is 0 Å². The van der Waals surface area contributed by atoms with Crippen LogP contribution in [0, 0.1) is 5.82 Å². The van der Waals surface area contributed by atoms with Gasteiger partial charge in [0.05, 0.1) is 19.6 Å². The van der Waals surface area contributed by atoms with Gasteiger partial charge in [-0.3, -0.25) is 9.79 Å². The number of rotatable bonds is 8. The molecule has 0 saturated carbocycles. The van der Waals surface area contributed by atoms with Crippen LogP contribution in [0.15, 0.2) is 53.5 Å². The van der Waals surface area contributed by atoms with Crippen molar-refractivity contribution >= 4 is 17.6 Å². The lowest BCUT2D eigenvalue weighted by Gasteiger charge is -2.11. The number of aliphatic imine (C=N–C) groups is 1. The molecule has 0 bridgehead atoms. The summed E-state index contributed by atoms with van der Waals surface area (Å²) in [6, 6.07) is 13.5. The fraction of sp³-hybridized carbons (Fsp3) is 0.263. The van der Waals surface area contributed by atoms with Gasteiger partial charge in [0.2, 0.25) is 5.91 Å². The fourth-order valence-corrected chi connectivity index (χ4v) is 2.32. The highest BCUT2D eigenvalue weighted by Gasteiger charge is 2.04. The molecule has 0 aliphatic rings. The van der Waals surface area contributed by atoms with Gasteiger partial charge in [-0.25, -0.2) is 4.39 Å². The number of carbonyl (C=O) groups is 1. The van der Waals surface area contributed by atoms with Crippen molar-refractivity contribution in [1.82, 2.24) is 5.32 Å². The number of nitrogens with two attached hydrogens (primary N) is 1. The number of anilines is 1. The minimum absolute atomic E-state index is 0.149. The van der Waals surface area contributed by atoms with Crippen molar-refractivity contribution in [2.75, 3.05) is 25.5 Å². The standard InChI is InChI=1S/C19H23FN4O2/c1-26-13-15-4-2-3-5-17(15)24-19(21)23-11-10-22-18(25)12-14-6-8-16(20)9-7-14/h2-9H,10-13H2,1H3,(H,22,25)(H3,21,23,24). The summed E-state index contributed by atoms with van der Waals surface area (Å²) < 4.78 is 18.0. The van der Waals surface area contributed by atoms with E-state index in [-0.39, 0.29) is 24.1 Å². The summed E-state index contributed by atoms with van der Waals surface area (Å²) >= 11 is 0. The molecule has 2 aromatic rings. The Labute approximate surface area is 152 Å². The van der Waals surface area contributed by atoms with E-state index in [4.69, 9.17) is 10.5 Å². The lowest BCUT2D eigenvalue weighted by molar-refractivity contribution is -0.120. The van der Waals surface area contributed by atoms with Gasteiger partial charge in [0.1, 0.15) is 5.82 Å². The number of halogens is 1. The molecule has 2 aromatic carbocycles. The van der Waals surface area contributed by atoms with Gasteiger partial charge in [0.15, 0.2) is 5.96 Å².